The smallest absolute Gasteiger partial charge is 0.264 e. The topological polar surface area (TPSA) is 87.7 Å². The van der Waals surface area contributed by atoms with Crippen molar-refractivity contribution in [2.45, 2.75) is 4.90 Å². The molecule has 0 saturated carbocycles. The molecule has 0 atom stereocenters. The summed E-state index contributed by atoms with van der Waals surface area (Å²) in [5.74, 6) is 0. The van der Waals surface area contributed by atoms with E-state index < -0.39 is 10.0 Å². The Labute approximate surface area is 132 Å². The van der Waals surface area contributed by atoms with Crippen LogP contribution in [0.1, 0.15) is 0 Å². The summed E-state index contributed by atoms with van der Waals surface area (Å²) in [5, 5.41) is 8.36. The van der Waals surface area contributed by atoms with Crippen molar-refractivity contribution in [1.82, 2.24) is 15.2 Å². The third-order valence-corrected chi connectivity index (χ3v) is 5.00. The van der Waals surface area contributed by atoms with E-state index in [0.717, 1.165) is 10.8 Å². The molecule has 0 radical (unpaired) electrons. The summed E-state index contributed by atoms with van der Waals surface area (Å²) < 4.78 is 28.2. The fourth-order valence-corrected chi connectivity index (χ4v) is 3.80. The van der Waals surface area contributed by atoms with E-state index in [1.54, 1.807) is 42.7 Å². The molecule has 2 aromatic carbocycles. The molecule has 4 aromatic rings. The molecule has 6 nitrogen and oxygen atoms in total. The first-order chi connectivity index (χ1) is 11.1. The van der Waals surface area contributed by atoms with Crippen LogP contribution in [0.2, 0.25) is 0 Å². The molecule has 23 heavy (non-hydrogen) atoms. The van der Waals surface area contributed by atoms with E-state index in [9.17, 15) is 8.42 Å². The zero-order valence-electron chi connectivity index (χ0n) is 11.9. The highest BCUT2D eigenvalue weighted by Crippen LogP contribution is 2.26. The molecule has 7 heteroatoms. The minimum atomic E-state index is -3.77. The lowest BCUT2D eigenvalue weighted by Gasteiger charge is -2.10. The maximum absolute atomic E-state index is 12.8. The van der Waals surface area contributed by atoms with Crippen molar-refractivity contribution in [2.24, 2.45) is 0 Å². The zero-order chi connectivity index (χ0) is 15.9. The second-order valence-corrected chi connectivity index (χ2v) is 6.73. The van der Waals surface area contributed by atoms with Crippen LogP contribution in [-0.4, -0.2) is 23.6 Å². The third kappa shape index (κ3) is 2.31. The van der Waals surface area contributed by atoms with Gasteiger partial charge in [-0.2, -0.15) is 5.10 Å². The van der Waals surface area contributed by atoms with Gasteiger partial charge in [-0.25, -0.2) is 8.42 Å². The average Bonchev–Trinajstić information content (AvgIpc) is 3.04. The minimum Gasteiger partial charge on any atom is -0.277 e. The van der Waals surface area contributed by atoms with Crippen LogP contribution < -0.4 is 4.72 Å². The number of anilines is 1. The lowest BCUT2D eigenvalue weighted by atomic mass is 10.2. The molecule has 0 bridgehead atoms. The van der Waals surface area contributed by atoms with E-state index in [0.29, 0.717) is 16.7 Å². The molecule has 0 amide bonds. The molecule has 0 saturated heterocycles. The average molecular weight is 324 g/mol. The maximum Gasteiger partial charge on any atom is 0.264 e. The first-order valence-electron chi connectivity index (χ1n) is 6.94. The summed E-state index contributed by atoms with van der Waals surface area (Å²) in [5.41, 5.74) is 1.54. The number of hydrogen-bond donors (Lipinski definition) is 2. The number of para-hydroxylation sites is 2. The molecule has 0 aliphatic heterocycles. The predicted molar refractivity (Wildman–Crippen MR) is 88.6 cm³/mol. The molecular formula is C16H12N4O2S. The maximum atomic E-state index is 12.8. The number of pyridine rings is 1. The Hall–Kier alpha value is -2.93. The van der Waals surface area contributed by atoms with Crippen molar-refractivity contribution < 1.29 is 8.42 Å². The molecule has 114 valence electrons. The van der Waals surface area contributed by atoms with E-state index in [2.05, 4.69) is 19.9 Å². The van der Waals surface area contributed by atoms with Gasteiger partial charge in [0.15, 0.2) is 0 Å². The van der Waals surface area contributed by atoms with E-state index in [1.807, 2.05) is 18.2 Å². The quantitative estimate of drug-likeness (QED) is 0.606. The fraction of sp³-hybridized carbons (Fsp3) is 0. The Bertz CT molecular complexity index is 1110. The number of nitrogens with zero attached hydrogens (tertiary/aromatic N) is 2. The van der Waals surface area contributed by atoms with E-state index >= 15 is 0 Å². The number of aromatic amines is 1. The monoisotopic (exact) mass is 324 g/mol. The second-order valence-electron chi connectivity index (χ2n) is 5.08. The van der Waals surface area contributed by atoms with Crippen LogP contribution in [-0.2, 0) is 10.0 Å². The largest absolute Gasteiger partial charge is 0.277 e. The number of aromatic nitrogens is 3. The summed E-state index contributed by atoms with van der Waals surface area (Å²) in [4.78, 5) is 4.35. The van der Waals surface area contributed by atoms with Gasteiger partial charge in [-0.3, -0.25) is 14.8 Å². The van der Waals surface area contributed by atoms with Gasteiger partial charge in [0, 0.05) is 17.0 Å². The molecule has 2 N–H and O–H groups in total. The van der Waals surface area contributed by atoms with Gasteiger partial charge in [-0.15, -0.1) is 0 Å². The second kappa shape index (κ2) is 5.06. The number of benzene rings is 2. The number of fused-ring (bicyclic) bond motifs is 2. The van der Waals surface area contributed by atoms with Gasteiger partial charge in [0.05, 0.1) is 22.9 Å². The lowest BCUT2D eigenvalue weighted by molar-refractivity contribution is 0.602. The highest BCUT2D eigenvalue weighted by Gasteiger charge is 2.19. The van der Waals surface area contributed by atoms with Crippen molar-refractivity contribution in [1.29, 1.82) is 0 Å². The summed E-state index contributed by atoms with van der Waals surface area (Å²) >= 11 is 0. The van der Waals surface area contributed by atoms with Crippen molar-refractivity contribution in [2.75, 3.05) is 4.72 Å². The summed E-state index contributed by atoms with van der Waals surface area (Å²) in [6.07, 6.45) is 3.23. The van der Waals surface area contributed by atoms with Gasteiger partial charge in [0.1, 0.15) is 4.90 Å². The van der Waals surface area contributed by atoms with Crippen LogP contribution in [0.15, 0.2) is 65.8 Å². The van der Waals surface area contributed by atoms with E-state index in [1.165, 1.54) is 0 Å². The van der Waals surface area contributed by atoms with Gasteiger partial charge in [-0.05, 0) is 18.2 Å². The summed E-state index contributed by atoms with van der Waals surface area (Å²) in [6, 6.07) is 14.0. The molecule has 0 unspecified atom stereocenters. The van der Waals surface area contributed by atoms with Crippen molar-refractivity contribution >= 4 is 37.5 Å². The minimum absolute atomic E-state index is 0.145. The van der Waals surface area contributed by atoms with Crippen LogP contribution in [0.5, 0.6) is 0 Å². The summed E-state index contributed by atoms with van der Waals surface area (Å²) in [6.45, 7) is 0. The van der Waals surface area contributed by atoms with Crippen LogP contribution in [0.25, 0.3) is 21.8 Å². The van der Waals surface area contributed by atoms with Crippen LogP contribution in [0, 0.1) is 0 Å². The van der Waals surface area contributed by atoms with Crippen LogP contribution in [0.3, 0.4) is 0 Å². The normalized spacial score (nSPS) is 11.8. The van der Waals surface area contributed by atoms with Crippen LogP contribution in [0.4, 0.5) is 5.69 Å². The number of nitrogens with one attached hydrogen (secondary N) is 2. The Kier molecular flexibility index (Phi) is 3.02. The number of rotatable bonds is 3. The van der Waals surface area contributed by atoms with Crippen molar-refractivity contribution in [3.8, 4) is 0 Å². The van der Waals surface area contributed by atoms with E-state index in [4.69, 9.17) is 0 Å². The molecule has 0 fully saturated rings. The highest BCUT2D eigenvalue weighted by molar-refractivity contribution is 7.93. The number of H-pyrrole nitrogens is 1. The number of sulfonamides is 1. The number of hydrogen-bond acceptors (Lipinski definition) is 4. The Balaban J connectivity index is 1.86. The highest BCUT2D eigenvalue weighted by atomic mass is 32.2. The Morgan fingerprint density at radius 1 is 0.957 bits per heavy atom. The first-order valence-corrected chi connectivity index (χ1v) is 8.42. The van der Waals surface area contributed by atoms with Gasteiger partial charge < -0.3 is 0 Å². The first kappa shape index (κ1) is 13.7. The van der Waals surface area contributed by atoms with Crippen LogP contribution >= 0.6 is 0 Å². The van der Waals surface area contributed by atoms with Crippen molar-refractivity contribution in [3.63, 3.8) is 0 Å². The van der Waals surface area contributed by atoms with E-state index in [-0.39, 0.29) is 4.90 Å². The molecule has 2 aromatic heterocycles. The molecular weight excluding hydrogens is 312 g/mol. The van der Waals surface area contributed by atoms with Crippen molar-refractivity contribution in [3.05, 3.63) is 60.9 Å². The molecule has 0 aliphatic rings. The standard InChI is InChI=1S/C16H12N4O2S/c21-23(22,14-8-2-4-11-6-3-9-17-16(11)14)20-13-7-1-5-12-10-18-19-15(12)13/h1-10,20H,(H,18,19). The lowest BCUT2D eigenvalue weighted by Crippen LogP contribution is -2.14. The molecule has 4 rings (SSSR count). The summed E-state index contributed by atoms with van der Waals surface area (Å²) in [7, 11) is -3.77. The Morgan fingerprint density at radius 3 is 2.65 bits per heavy atom. The predicted octanol–water partition coefficient (Wildman–Crippen LogP) is 2.91. The zero-order valence-corrected chi connectivity index (χ0v) is 12.7. The molecule has 2 heterocycles. The SMILES string of the molecule is O=S(=O)(Nc1cccc2cn[nH]c12)c1cccc2cccnc12. The molecule has 0 aliphatic carbocycles. The fourth-order valence-electron chi connectivity index (χ4n) is 2.55. The third-order valence-electron chi connectivity index (χ3n) is 3.61. The Morgan fingerprint density at radius 2 is 1.74 bits per heavy atom. The van der Waals surface area contributed by atoms with Gasteiger partial charge in [0.2, 0.25) is 0 Å². The van der Waals surface area contributed by atoms with Gasteiger partial charge in [0.25, 0.3) is 10.0 Å². The van der Waals surface area contributed by atoms with Gasteiger partial charge >= 0.3 is 0 Å². The molecule has 0 spiro atoms. The van der Waals surface area contributed by atoms with Gasteiger partial charge in [-0.1, -0.05) is 30.3 Å².